The van der Waals surface area contributed by atoms with Crippen molar-refractivity contribution < 1.29 is 17.6 Å². The summed E-state index contributed by atoms with van der Waals surface area (Å²) in [6, 6.07) is 13.8. The van der Waals surface area contributed by atoms with Crippen LogP contribution in [0.25, 0.3) is 0 Å². The Balaban J connectivity index is 1.90. The van der Waals surface area contributed by atoms with Crippen LogP contribution in [0.15, 0.2) is 64.9 Å². The van der Waals surface area contributed by atoms with Gasteiger partial charge in [-0.3, -0.25) is 9.10 Å². The van der Waals surface area contributed by atoms with Gasteiger partial charge in [-0.25, -0.2) is 12.8 Å². The number of thiophene rings is 1. The van der Waals surface area contributed by atoms with Crippen LogP contribution in [0.2, 0.25) is 0 Å². The first-order chi connectivity index (χ1) is 12.8. The minimum absolute atomic E-state index is 0.0400. The predicted octanol–water partition coefficient (Wildman–Crippen LogP) is 4.27. The number of rotatable bonds is 5. The number of carbonyl (C=O) groups excluding carboxylic acids is 1. The van der Waals surface area contributed by atoms with E-state index in [-0.39, 0.29) is 15.5 Å². The van der Waals surface area contributed by atoms with Gasteiger partial charge in [0.05, 0.1) is 5.69 Å². The highest BCUT2D eigenvalue weighted by atomic mass is 32.2. The van der Waals surface area contributed by atoms with E-state index in [2.05, 4.69) is 5.32 Å². The zero-order valence-electron chi connectivity index (χ0n) is 14.6. The van der Waals surface area contributed by atoms with E-state index in [4.69, 9.17) is 0 Å². The number of amides is 1. The Bertz CT molecular complexity index is 1080. The Labute approximate surface area is 161 Å². The molecule has 0 bridgehead atoms. The molecular formula is C19H17FN2O3S2. The maximum absolute atomic E-state index is 13.3. The van der Waals surface area contributed by atoms with E-state index in [0.717, 1.165) is 27.3 Å². The molecule has 0 aliphatic carbocycles. The van der Waals surface area contributed by atoms with Gasteiger partial charge in [-0.1, -0.05) is 23.8 Å². The molecule has 5 nitrogen and oxygen atoms in total. The summed E-state index contributed by atoms with van der Waals surface area (Å²) >= 11 is 1.01. The molecule has 3 rings (SSSR count). The van der Waals surface area contributed by atoms with Gasteiger partial charge in [-0.15, -0.1) is 11.3 Å². The molecule has 0 aliphatic rings. The van der Waals surface area contributed by atoms with Gasteiger partial charge in [0.25, 0.3) is 15.9 Å². The van der Waals surface area contributed by atoms with Crippen LogP contribution in [0.3, 0.4) is 0 Å². The standard InChI is InChI=1S/C19H17FN2O3S2/c1-13-6-8-16(9-7-13)22(2)27(24,25)17-10-11-26-18(17)19(23)21-15-5-3-4-14(20)12-15/h3-12H,1-2H3,(H,21,23). The van der Waals surface area contributed by atoms with E-state index >= 15 is 0 Å². The third-order valence-electron chi connectivity index (χ3n) is 3.95. The molecule has 0 fully saturated rings. The Kier molecular flexibility index (Phi) is 5.29. The highest BCUT2D eigenvalue weighted by Crippen LogP contribution is 2.28. The molecule has 140 valence electrons. The number of anilines is 2. The summed E-state index contributed by atoms with van der Waals surface area (Å²) in [5.74, 6) is -1.10. The maximum Gasteiger partial charge on any atom is 0.267 e. The van der Waals surface area contributed by atoms with Crippen LogP contribution < -0.4 is 9.62 Å². The van der Waals surface area contributed by atoms with Crippen LogP contribution in [-0.4, -0.2) is 21.4 Å². The number of nitrogens with zero attached hydrogens (tertiary/aromatic N) is 1. The second-order valence-electron chi connectivity index (χ2n) is 5.89. The fraction of sp³-hybridized carbons (Fsp3) is 0.105. The predicted molar refractivity (Wildman–Crippen MR) is 105 cm³/mol. The Morgan fingerprint density at radius 3 is 2.48 bits per heavy atom. The van der Waals surface area contributed by atoms with E-state index in [1.165, 1.54) is 36.7 Å². The third kappa shape index (κ3) is 4.01. The molecular weight excluding hydrogens is 387 g/mol. The summed E-state index contributed by atoms with van der Waals surface area (Å²) < 4.78 is 40.4. The van der Waals surface area contributed by atoms with Crippen LogP contribution in [0, 0.1) is 12.7 Å². The lowest BCUT2D eigenvalue weighted by atomic mass is 10.2. The van der Waals surface area contributed by atoms with Crippen molar-refractivity contribution in [1.29, 1.82) is 0 Å². The van der Waals surface area contributed by atoms with E-state index in [9.17, 15) is 17.6 Å². The zero-order chi connectivity index (χ0) is 19.6. The average molecular weight is 404 g/mol. The molecule has 1 aromatic heterocycles. The molecule has 0 radical (unpaired) electrons. The molecule has 0 atom stereocenters. The number of aryl methyl sites for hydroxylation is 1. The fourth-order valence-electron chi connectivity index (χ4n) is 2.46. The van der Waals surface area contributed by atoms with Crippen molar-refractivity contribution >= 4 is 38.6 Å². The summed E-state index contributed by atoms with van der Waals surface area (Å²) in [6.07, 6.45) is 0. The third-order valence-corrected chi connectivity index (χ3v) is 6.82. The molecule has 1 N–H and O–H groups in total. The molecule has 3 aromatic rings. The first-order valence-corrected chi connectivity index (χ1v) is 10.3. The lowest BCUT2D eigenvalue weighted by Crippen LogP contribution is -2.28. The number of nitrogens with one attached hydrogen (secondary N) is 1. The Hall–Kier alpha value is -2.71. The Morgan fingerprint density at radius 1 is 1.11 bits per heavy atom. The summed E-state index contributed by atoms with van der Waals surface area (Å²) in [5, 5.41) is 4.07. The highest BCUT2D eigenvalue weighted by molar-refractivity contribution is 7.93. The lowest BCUT2D eigenvalue weighted by molar-refractivity contribution is 0.102. The van der Waals surface area contributed by atoms with E-state index in [0.29, 0.717) is 5.69 Å². The summed E-state index contributed by atoms with van der Waals surface area (Å²) in [6.45, 7) is 1.91. The van der Waals surface area contributed by atoms with E-state index < -0.39 is 21.7 Å². The van der Waals surface area contributed by atoms with Gasteiger partial charge in [-0.05, 0) is 48.7 Å². The van der Waals surface area contributed by atoms with Gasteiger partial charge in [0.2, 0.25) is 0 Å². The van der Waals surface area contributed by atoms with Gasteiger partial charge in [0.15, 0.2) is 0 Å². The first-order valence-electron chi connectivity index (χ1n) is 7.99. The second kappa shape index (κ2) is 7.50. The molecule has 27 heavy (non-hydrogen) atoms. The van der Waals surface area contributed by atoms with Gasteiger partial charge in [-0.2, -0.15) is 0 Å². The molecule has 0 saturated carbocycles. The van der Waals surface area contributed by atoms with Crippen molar-refractivity contribution in [2.75, 3.05) is 16.7 Å². The van der Waals surface area contributed by atoms with Crippen LogP contribution in [0.1, 0.15) is 15.2 Å². The van der Waals surface area contributed by atoms with Crippen molar-refractivity contribution in [2.24, 2.45) is 0 Å². The molecule has 0 saturated heterocycles. The molecule has 2 aromatic carbocycles. The van der Waals surface area contributed by atoms with Gasteiger partial charge < -0.3 is 5.32 Å². The minimum Gasteiger partial charge on any atom is -0.321 e. The smallest absolute Gasteiger partial charge is 0.267 e. The highest BCUT2D eigenvalue weighted by Gasteiger charge is 2.28. The first kappa shape index (κ1) is 19.1. The summed E-state index contributed by atoms with van der Waals surface area (Å²) in [5.41, 5.74) is 1.75. The monoisotopic (exact) mass is 404 g/mol. The second-order valence-corrected chi connectivity index (χ2v) is 8.74. The normalized spacial score (nSPS) is 11.2. The molecule has 0 unspecified atom stereocenters. The maximum atomic E-state index is 13.3. The molecule has 0 spiro atoms. The minimum atomic E-state index is -3.93. The molecule has 0 aliphatic heterocycles. The number of halogens is 1. The van der Waals surface area contributed by atoms with Gasteiger partial charge >= 0.3 is 0 Å². The van der Waals surface area contributed by atoms with E-state index in [1.54, 1.807) is 12.1 Å². The van der Waals surface area contributed by atoms with Crippen molar-refractivity contribution in [3.8, 4) is 0 Å². The number of sulfonamides is 1. The SMILES string of the molecule is Cc1ccc(N(C)S(=O)(=O)c2ccsc2C(=O)Nc2cccc(F)c2)cc1. The van der Waals surface area contributed by atoms with Crippen molar-refractivity contribution in [3.63, 3.8) is 0 Å². The quantitative estimate of drug-likeness (QED) is 0.690. The molecule has 1 amide bonds. The van der Waals surface area contributed by atoms with Crippen LogP contribution >= 0.6 is 11.3 Å². The van der Waals surface area contributed by atoms with Crippen molar-refractivity contribution in [2.45, 2.75) is 11.8 Å². The fourth-order valence-corrected chi connectivity index (χ4v) is 4.95. The number of benzene rings is 2. The number of carbonyl (C=O) groups is 1. The van der Waals surface area contributed by atoms with E-state index in [1.807, 2.05) is 19.1 Å². The zero-order valence-corrected chi connectivity index (χ0v) is 16.3. The van der Waals surface area contributed by atoms with Crippen LogP contribution in [0.4, 0.5) is 15.8 Å². The largest absolute Gasteiger partial charge is 0.321 e. The number of hydrogen-bond donors (Lipinski definition) is 1. The Morgan fingerprint density at radius 2 is 1.81 bits per heavy atom. The van der Waals surface area contributed by atoms with Crippen molar-refractivity contribution in [1.82, 2.24) is 0 Å². The summed E-state index contributed by atoms with van der Waals surface area (Å²) in [4.78, 5) is 12.5. The average Bonchev–Trinajstić information content (AvgIpc) is 3.12. The lowest BCUT2D eigenvalue weighted by Gasteiger charge is -2.19. The van der Waals surface area contributed by atoms with Crippen LogP contribution in [0.5, 0.6) is 0 Å². The molecule has 8 heteroatoms. The molecule has 1 heterocycles. The van der Waals surface area contributed by atoms with Crippen LogP contribution in [-0.2, 0) is 10.0 Å². The summed E-state index contributed by atoms with van der Waals surface area (Å²) in [7, 11) is -2.49. The van der Waals surface area contributed by atoms with Gasteiger partial charge in [0, 0.05) is 12.7 Å². The van der Waals surface area contributed by atoms with Gasteiger partial charge in [0.1, 0.15) is 15.6 Å². The topological polar surface area (TPSA) is 66.5 Å². The van der Waals surface area contributed by atoms with Crippen molar-refractivity contribution in [3.05, 3.63) is 76.2 Å². The number of hydrogen-bond acceptors (Lipinski definition) is 4.